The van der Waals surface area contributed by atoms with Crippen LogP contribution >= 0.6 is 0 Å². The van der Waals surface area contributed by atoms with Gasteiger partial charge >= 0.3 is 5.97 Å². The molecular formula is C21H24N2O4. The van der Waals surface area contributed by atoms with Gasteiger partial charge in [-0.15, -0.1) is 13.2 Å². The summed E-state index contributed by atoms with van der Waals surface area (Å²) >= 11 is 0. The molecular weight excluding hydrogens is 344 g/mol. The molecule has 1 aromatic rings. The van der Waals surface area contributed by atoms with Crippen LogP contribution in [0.15, 0.2) is 55.8 Å². The molecule has 27 heavy (non-hydrogen) atoms. The van der Waals surface area contributed by atoms with Crippen molar-refractivity contribution in [2.24, 2.45) is 0 Å². The Hall–Kier alpha value is -3.15. The van der Waals surface area contributed by atoms with E-state index in [2.05, 4.69) is 13.2 Å². The van der Waals surface area contributed by atoms with E-state index in [9.17, 15) is 14.4 Å². The first-order valence-corrected chi connectivity index (χ1v) is 8.69. The minimum atomic E-state index is -0.540. The predicted octanol–water partition coefficient (Wildman–Crippen LogP) is 2.69. The first-order chi connectivity index (χ1) is 13.0. The lowest BCUT2D eigenvalue weighted by Crippen LogP contribution is -2.36. The van der Waals surface area contributed by atoms with Crippen LogP contribution in [0.3, 0.4) is 0 Å². The Balaban J connectivity index is 2.03. The Bertz CT molecular complexity index is 759. The molecule has 1 heterocycles. The van der Waals surface area contributed by atoms with Crippen molar-refractivity contribution in [3.05, 3.63) is 66.9 Å². The second kappa shape index (κ2) is 9.52. The lowest BCUT2D eigenvalue weighted by molar-refractivity contribution is -0.153. The molecule has 2 rings (SSSR count). The molecule has 0 aromatic heterocycles. The van der Waals surface area contributed by atoms with Crippen LogP contribution in [0.25, 0.3) is 6.08 Å². The number of fused-ring (bicyclic) bond motifs is 1. The summed E-state index contributed by atoms with van der Waals surface area (Å²) in [6.07, 6.45) is 6.67. The number of carbonyl (C=O) groups excluding carboxylic acids is 3. The van der Waals surface area contributed by atoms with Gasteiger partial charge < -0.3 is 14.5 Å². The van der Waals surface area contributed by atoms with E-state index >= 15 is 0 Å². The minimum absolute atomic E-state index is 0.0306. The lowest BCUT2D eigenvalue weighted by Gasteiger charge is -2.32. The number of hydrogen-bond acceptors (Lipinski definition) is 4. The van der Waals surface area contributed by atoms with E-state index in [0.717, 1.165) is 11.1 Å². The van der Waals surface area contributed by atoms with Crippen LogP contribution in [0, 0.1) is 0 Å². The fraction of sp³-hybridized carbons (Fsp3) is 0.286. The fourth-order valence-electron chi connectivity index (χ4n) is 2.95. The Morgan fingerprint density at radius 3 is 2.48 bits per heavy atom. The summed E-state index contributed by atoms with van der Waals surface area (Å²) in [6, 6.07) is 7.11. The lowest BCUT2D eigenvalue weighted by atomic mass is 9.94. The van der Waals surface area contributed by atoms with Crippen molar-refractivity contribution in [2.75, 3.05) is 19.7 Å². The molecule has 0 spiro atoms. The van der Waals surface area contributed by atoms with Gasteiger partial charge in [0, 0.05) is 26.2 Å². The van der Waals surface area contributed by atoms with Crippen molar-refractivity contribution in [1.82, 2.24) is 9.80 Å². The smallest absolute Gasteiger partial charge is 0.308 e. The molecule has 142 valence electrons. The van der Waals surface area contributed by atoms with Crippen LogP contribution in [-0.2, 0) is 19.1 Å². The third-order valence-electron chi connectivity index (χ3n) is 4.24. The van der Waals surface area contributed by atoms with Crippen LogP contribution in [0.2, 0.25) is 0 Å². The van der Waals surface area contributed by atoms with Gasteiger partial charge in [-0.05, 0) is 17.2 Å². The number of carbonyl (C=O) groups is 3. The van der Waals surface area contributed by atoms with E-state index in [1.165, 1.54) is 16.7 Å². The predicted molar refractivity (Wildman–Crippen MR) is 103 cm³/mol. The standard InChI is InChI=1S/C21H24N2O4/c1-4-11-22(12-5-2)20(25)15-27-21(26)14-19-18-9-7-6-8-17(18)10-13-23(19)16(3)24/h4-10,13,19H,1-2,11-12,14-15H2,3H3. The molecule has 1 atom stereocenters. The maximum Gasteiger partial charge on any atom is 0.308 e. The topological polar surface area (TPSA) is 66.9 Å². The van der Waals surface area contributed by atoms with Crippen LogP contribution in [0.5, 0.6) is 0 Å². The second-order valence-corrected chi connectivity index (χ2v) is 6.13. The van der Waals surface area contributed by atoms with Crippen molar-refractivity contribution in [1.29, 1.82) is 0 Å². The SMILES string of the molecule is C=CCN(CC=C)C(=O)COC(=O)CC1c2ccccc2C=CN1C(C)=O. The summed E-state index contributed by atoms with van der Waals surface area (Å²) in [4.78, 5) is 39.4. The number of ether oxygens (including phenoxy) is 1. The molecule has 2 amide bonds. The van der Waals surface area contributed by atoms with Crippen LogP contribution in [-0.4, -0.2) is 47.3 Å². The maximum atomic E-state index is 12.3. The van der Waals surface area contributed by atoms with E-state index in [1.807, 2.05) is 30.3 Å². The van der Waals surface area contributed by atoms with Gasteiger partial charge in [0.1, 0.15) is 0 Å². The van der Waals surface area contributed by atoms with E-state index in [0.29, 0.717) is 13.1 Å². The molecule has 0 radical (unpaired) electrons. The summed E-state index contributed by atoms with van der Waals surface area (Å²) in [5.41, 5.74) is 1.82. The van der Waals surface area contributed by atoms with Gasteiger partial charge in [0.05, 0.1) is 12.5 Å². The van der Waals surface area contributed by atoms with E-state index in [-0.39, 0.29) is 24.8 Å². The zero-order valence-corrected chi connectivity index (χ0v) is 15.5. The van der Waals surface area contributed by atoms with Crippen molar-refractivity contribution in [3.63, 3.8) is 0 Å². The Morgan fingerprint density at radius 1 is 1.19 bits per heavy atom. The van der Waals surface area contributed by atoms with Gasteiger partial charge in [0.15, 0.2) is 6.61 Å². The van der Waals surface area contributed by atoms with Gasteiger partial charge in [-0.3, -0.25) is 14.4 Å². The molecule has 6 heteroatoms. The Labute approximate surface area is 159 Å². The largest absolute Gasteiger partial charge is 0.455 e. The molecule has 0 bridgehead atoms. The molecule has 0 saturated heterocycles. The van der Waals surface area contributed by atoms with Crippen molar-refractivity contribution in [3.8, 4) is 0 Å². The third-order valence-corrected chi connectivity index (χ3v) is 4.24. The zero-order chi connectivity index (χ0) is 19.8. The highest BCUT2D eigenvalue weighted by Gasteiger charge is 2.29. The monoisotopic (exact) mass is 368 g/mol. The first-order valence-electron chi connectivity index (χ1n) is 8.69. The molecule has 0 aliphatic carbocycles. The fourth-order valence-corrected chi connectivity index (χ4v) is 2.95. The van der Waals surface area contributed by atoms with Crippen molar-refractivity contribution < 1.29 is 19.1 Å². The van der Waals surface area contributed by atoms with Gasteiger partial charge in [0.25, 0.3) is 5.91 Å². The highest BCUT2D eigenvalue weighted by molar-refractivity contribution is 5.82. The molecule has 0 fully saturated rings. The number of benzene rings is 1. The van der Waals surface area contributed by atoms with Gasteiger partial charge in [-0.25, -0.2) is 0 Å². The molecule has 1 aliphatic heterocycles. The van der Waals surface area contributed by atoms with Crippen LogP contribution in [0.4, 0.5) is 0 Å². The highest BCUT2D eigenvalue weighted by atomic mass is 16.5. The van der Waals surface area contributed by atoms with Gasteiger partial charge in [-0.2, -0.15) is 0 Å². The Morgan fingerprint density at radius 2 is 1.85 bits per heavy atom. The van der Waals surface area contributed by atoms with Crippen LogP contribution < -0.4 is 0 Å². The molecule has 0 N–H and O–H groups in total. The summed E-state index contributed by atoms with van der Waals surface area (Å²) in [5, 5.41) is 0. The number of nitrogens with zero attached hydrogens (tertiary/aromatic N) is 2. The second-order valence-electron chi connectivity index (χ2n) is 6.13. The van der Waals surface area contributed by atoms with E-state index in [1.54, 1.807) is 18.4 Å². The van der Waals surface area contributed by atoms with E-state index in [4.69, 9.17) is 4.74 Å². The van der Waals surface area contributed by atoms with Crippen molar-refractivity contribution >= 4 is 23.9 Å². The maximum absolute atomic E-state index is 12.3. The molecule has 0 saturated carbocycles. The van der Waals surface area contributed by atoms with Gasteiger partial charge in [0.2, 0.25) is 5.91 Å². The van der Waals surface area contributed by atoms with Crippen molar-refractivity contribution in [2.45, 2.75) is 19.4 Å². The summed E-state index contributed by atoms with van der Waals surface area (Å²) in [5.74, 6) is -1.03. The molecule has 1 unspecified atom stereocenters. The minimum Gasteiger partial charge on any atom is -0.455 e. The zero-order valence-electron chi connectivity index (χ0n) is 15.5. The van der Waals surface area contributed by atoms with Crippen LogP contribution in [0.1, 0.15) is 30.5 Å². The normalized spacial score (nSPS) is 14.9. The van der Waals surface area contributed by atoms with E-state index < -0.39 is 12.0 Å². The number of amides is 2. The highest BCUT2D eigenvalue weighted by Crippen LogP contribution is 2.33. The number of hydrogen-bond donors (Lipinski definition) is 0. The third kappa shape index (κ3) is 5.17. The summed E-state index contributed by atoms with van der Waals surface area (Å²) in [7, 11) is 0. The number of esters is 1. The first kappa shape index (κ1) is 20.2. The molecule has 6 nitrogen and oxygen atoms in total. The molecule has 1 aliphatic rings. The quantitative estimate of drug-likeness (QED) is 0.523. The summed E-state index contributed by atoms with van der Waals surface area (Å²) in [6.45, 7) is 9.00. The summed E-state index contributed by atoms with van der Waals surface area (Å²) < 4.78 is 5.16. The average Bonchev–Trinajstić information content (AvgIpc) is 2.66. The Kier molecular flexibility index (Phi) is 7.11. The average molecular weight is 368 g/mol. The molecule has 1 aromatic carbocycles. The number of rotatable bonds is 8. The van der Waals surface area contributed by atoms with Gasteiger partial charge in [-0.1, -0.05) is 36.4 Å².